The Kier molecular flexibility index (Phi) is 6.28. The van der Waals surface area contributed by atoms with E-state index in [2.05, 4.69) is 5.32 Å². The number of carbonyl (C=O) groups excluding carboxylic acids is 2. The smallest absolute Gasteiger partial charge is 0.407 e. The molecular formula is C20H23NO4S. The van der Waals surface area contributed by atoms with Crippen LogP contribution in [0.2, 0.25) is 0 Å². The number of carbonyl (C=O) groups is 2. The Morgan fingerprint density at radius 2 is 2.04 bits per heavy atom. The number of nitrogens with one attached hydrogen (secondary N) is 1. The molecule has 0 aliphatic heterocycles. The number of aryl methyl sites for hydroxylation is 1. The summed E-state index contributed by atoms with van der Waals surface area (Å²) in [6.07, 6.45) is 3.11. The number of hydrogen-bond acceptors (Lipinski definition) is 5. The van der Waals surface area contributed by atoms with Gasteiger partial charge in [0.15, 0.2) is 0 Å². The highest BCUT2D eigenvalue weighted by Gasteiger charge is 2.23. The lowest BCUT2D eigenvalue weighted by Crippen LogP contribution is -2.36. The number of ether oxygens (including phenoxy) is 2. The van der Waals surface area contributed by atoms with Crippen molar-refractivity contribution >= 4 is 23.4 Å². The van der Waals surface area contributed by atoms with Gasteiger partial charge in [0.2, 0.25) is 0 Å². The quantitative estimate of drug-likeness (QED) is 0.633. The lowest BCUT2D eigenvalue weighted by Gasteiger charge is -2.16. The molecule has 0 saturated carbocycles. The summed E-state index contributed by atoms with van der Waals surface area (Å²) < 4.78 is 10.4. The van der Waals surface area contributed by atoms with Gasteiger partial charge in [-0.2, -0.15) is 0 Å². The molecule has 1 unspecified atom stereocenters. The van der Waals surface area contributed by atoms with Crippen LogP contribution in [0.3, 0.4) is 0 Å². The van der Waals surface area contributed by atoms with Gasteiger partial charge < -0.3 is 14.8 Å². The van der Waals surface area contributed by atoms with E-state index in [1.165, 1.54) is 16.9 Å². The zero-order valence-corrected chi connectivity index (χ0v) is 15.6. The Hall–Kier alpha value is -2.34. The molecular weight excluding hydrogens is 350 g/mol. The topological polar surface area (TPSA) is 64.6 Å². The van der Waals surface area contributed by atoms with E-state index >= 15 is 0 Å². The molecule has 0 bridgehead atoms. The number of fused-ring (bicyclic) bond motifs is 1. The Bertz CT molecular complexity index is 756. The van der Waals surface area contributed by atoms with E-state index in [4.69, 9.17) is 9.47 Å². The molecule has 1 heterocycles. The molecule has 3 rings (SSSR count). The summed E-state index contributed by atoms with van der Waals surface area (Å²) >= 11 is 1.47. The minimum Gasteiger partial charge on any atom is -0.462 e. The van der Waals surface area contributed by atoms with Crippen LogP contribution < -0.4 is 5.32 Å². The molecule has 0 saturated heterocycles. The summed E-state index contributed by atoms with van der Waals surface area (Å²) in [5.41, 5.74) is 2.16. The van der Waals surface area contributed by atoms with Crippen LogP contribution in [0.1, 0.15) is 45.4 Å². The third kappa shape index (κ3) is 4.85. The first-order chi connectivity index (χ1) is 12.7. The Morgan fingerprint density at radius 3 is 2.81 bits per heavy atom. The van der Waals surface area contributed by atoms with Crippen molar-refractivity contribution < 1.29 is 19.1 Å². The summed E-state index contributed by atoms with van der Waals surface area (Å²) in [7, 11) is 0. The van der Waals surface area contributed by atoms with E-state index < -0.39 is 6.09 Å². The first-order valence-corrected chi connectivity index (χ1v) is 9.73. The number of thiophene rings is 1. The van der Waals surface area contributed by atoms with Crippen LogP contribution in [0.25, 0.3) is 0 Å². The highest BCUT2D eigenvalue weighted by molar-refractivity contribution is 7.14. The maximum absolute atomic E-state index is 12.1. The fourth-order valence-corrected chi connectivity index (χ4v) is 4.26. The van der Waals surface area contributed by atoms with Crippen LogP contribution in [-0.4, -0.2) is 24.7 Å². The van der Waals surface area contributed by atoms with Crippen LogP contribution in [-0.2, 0) is 28.9 Å². The number of esters is 1. The van der Waals surface area contributed by atoms with Gasteiger partial charge in [-0.25, -0.2) is 9.59 Å². The van der Waals surface area contributed by atoms with Gasteiger partial charge in [0.05, 0.1) is 6.61 Å². The summed E-state index contributed by atoms with van der Waals surface area (Å²) in [5, 5.41) is 2.96. The van der Waals surface area contributed by atoms with E-state index in [0.29, 0.717) is 11.5 Å². The second-order valence-electron chi connectivity index (χ2n) is 6.28. The van der Waals surface area contributed by atoms with E-state index in [9.17, 15) is 9.59 Å². The van der Waals surface area contributed by atoms with Crippen LogP contribution in [0.5, 0.6) is 0 Å². The van der Waals surface area contributed by atoms with Gasteiger partial charge in [0, 0.05) is 17.3 Å². The Morgan fingerprint density at radius 1 is 1.23 bits per heavy atom. The molecule has 1 aromatic heterocycles. The first-order valence-electron chi connectivity index (χ1n) is 8.91. The predicted octanol–water partition coefficient (Wildman–Crippen LogP) is 4.10. The van der Waals surface area contributed by atoms with Crippen molar-refractivity contribution in [2.45, 2.75) is 45.3 Å². The van der Waals surface area contributed by atoms with E-state index in [-0.39, 0.29) is 18.6 Å². The molecule has 1 atom stereocenters. The zero-order valence-electron chi connectivity index (χ0n) is 14.8. The van der Waals surface area contributed by atoms with Crippen LogP contribution in [0, 0.1) is 0 Å². The second-order valence-corrected chi connectivity index (χ2v) is 7.42. The average Bonchev–Trinajstić information content (AvgIpc) is 2.95. The minimum atomic E-state index is -0.399. The van der Waals surface area contributed by atoms with Crippen molar-refractivity contribution in [2.75, 3.05) is 6.61 Å². The molecule has 1 aromatic carbocycles. The van der Waals surface area contributed by atoms with E-state index in [1.54, 1.807) is 6.92 Å². The Labute approximate surface area is 157 Å². The van der Waals surface area contributed by atoms with Crippen molar-refractivity contribution in [3.8, 4) is 0 Å². The zero-order chi connectivity index (χ0) is 18.4. The van der Waals surface area contributed by atoms with Crippen molar-refractivity contribution in [1.29, 1.82) is 0 Å². The maximum Gasteiger partial charge on any atom is 0.407 e. The fourth-order valence-electron chi connectivity index (χ4n) is 3.07. The summed E-state index contributed by atoms with van der Waals surface area (Å²) in [5.74, 6) is -0.266. The molecule has 0 radical (unpaired) electrons. The molecule has 1 aliphatic carbocycles. The molecule has 0 fully saturated rings. The monoisotopic (exact) mass is 373 g/mol. The van der Waals surface area contributed by atoms with E-state index in [1.807, 2.05) is 36.4 Å². The average molecular weight is 373 g/mol. The summed E-state index contributed by atoms with van der Waals surface area (Å²) in [6, 6.07) is 11.6. The summed E-state index contributed by atoms with van der Waals surface area (Å²) in [6.45, 7) is 2.44. The number of alkyl carbamates (subject to hydrolysis) is 1. The van der Waals surface area contributed by atoms with Crippen LogP contribution in [0.4, 0.5) is 4.79 Å². The molecule has 1 aliphatic rings. The number of amides is 1. The highest BCUT2D eigenvalue weighted by Crippen LogP contribution is 2.29. The van der Waals surface area contributed by atoms with Crippen molar-refractivity contribution in [3.63, 3.8) is 0 Å². The molecule has 2 aromatic rings. The molecule has 26 heavy (non-hydrogen) atoms. The van der Waals surface area contributed by atoms with Gasteiger partial charge >= 0.3 is 12.1 Å². The van der Waals surface area contributed by atoms with Gasteiger partial charge in [-0.3, -0.25) is 0 Å². The van der Waals surface area contributed by atoms with Gasteiger partial charge in [-0.15, -0.1) is 11.3 Å². The third-order valence-corrected chi connectivity index (χ3v) is 5.52. The second kappa shape index (κ2) is 8.85. The number of hydrogen-bond donors (Lipinski definition) is 1. The molecule has 6 heteroatoms. The fraction of sp³-hybridized carbons (Fsp3) is 0.400. The molecule has 138 valence electrons. The van der Waals surface area contributed by atoms with Crippen molar-refractivity contribution in [1.82, 2.24) is 5.32 Å². The number of benzene rings is 1. The van der Waals surface area contributed by atoms with Gasteiger partial charge in [0.25, 0.3) is 0 Å². The molecule has 5 nitrogen and oxygen atoms in total. The molecule has 1 N–H and O–H groups in total. The number of rotatable bonds is 5. The summed E-state index contributed by atoms with van der Waals surface area (Å²) in [4.78, 5) is 25.8. The highest BCUT2D eigenvalue weighted by atomic mass is 32.1. The standard InChI is InChI=1S/C20H23NO4S/c1-2-24-19(22)18-11-15-9-6-10-16(12-17(15)26-18)21-20(23)25-13-14-7-4-3-5-8-14/h3-5,7-8,11,16H,2,6,9-10,12-13H2,1H3,(H,21,23). The Balaban J connectivity index is 1.56. The maximum atomic E-state index is 12.1. The largest absolute Gasteiger partial charge is 0.462 e. The lowest BCUT2D eigenvalue weighted by atomic mass is 10.1. The van der Waals surface area contributed by atoms with Gasteiger partial charge in [-0.1, -0.05) is 30.3 Å². The van der Waals surface area contributed by atoms with Crippen molar-refractivity contribution in [3.05, 3.63) is 57.3 Å². The SMILES string of the molecule is CCOC(=O)c1cc2c(s1)CC(NC(=O)OCc1ccccc1)CCC2. The van der Waals surface area contributed by atoms with E-state index in [0.717, 1.165) is 36.1 Å². The van der Waals surface area contributed by atoms with Crippen molar-refractivity contribution in [2.24, 2.45) is 0 Å². The van der Waals surface area contributed by atoms with Crippen LogP contribution >= 0.6 is 11.3 Å². The minimum absolute atomic E-state index is 0.0215. The van der Waals surface area contributed by atoms with Gasteiger partial charge in [0.1, 0.15) is 11.5 Å². The molecule has 1 amide bonds. The molecule has 0 spiro atoms. The lowest BCUT2D eigenvalue weighted by molar-refractivity contribution is 0.0532. The normalized spacial score (nSPS) is 16.3. The van der Waals surface area contributed by atoms with Crippen LogP contribution in [0.15, 0.2) is 36.4 Å². The predicted molar refractivity (Wildman–Crippen MR) is 100 cm³/mol. The van der Waals surface area contributed by atoms with Gasteiger partial charge in [-0.05, 0) is 43.4 Å². The first kappa shape index (κ1) is 18.5. The third-order valence-electron chi connectivity index (χ3n) is 4.34.